The third-order valence-electron chi connectivity index (χ3n) is 4.37. The van der Waals surface area contributed by atoms with Crippen LogP contribution >= 0.6 is 11.3 Å². The van der Waals surface area contributed by atoms with E-state index < -0.39 is 6.03 Å². The van der Waals surface area contributed by atoms with Crippen LogP contribution in [0.2, 0.25) is 0 Å². The smallest absolute Gasteiger partial charge is 0.321 e. The van der Waals surface area contributed by atoms with Crippen LogP contribution in [0, 0.1) is 0 Å². The molecule has 0 saturated heterocycles. The van der Waals surface area contributed by atoms with Crippen LogP contribution in [0.15, 0.2) is 54.4 Å². The molecule has 0 saturated carbocycles. The van der Waals surface area contributed by atoms with E-state index in [1.165, 1.54) is 6.33 Å². The molecule has 2 aromatic heterocycles. The number of rotatable bonds is 7. The van der Waals surface area contributed by atoms with Crippen molar-refractivity contribution in [1.29, 1.82) is 0 Å². The molecule has 0 spiro atoms. The molecule has 2 N–H and O–H groups in total. The van der Waals surface area contributed by atoms with Crippen molar-refractivity contribution in [2.45, 2.75) is 19.5 Å². The number of imide groups is 1. The molecule has 3 amide bonds. The molecule has 146 valence electrons. The van der Waals surface area contributed by atoms with Gasteiger partial charge in [0.1, 0.15) is 12.7 Å². The normalized spacial score (nSPS) is 12.0. The third kappa shape index (κ3) is 5.24. The first-order valence-electron chi connectivity index (χ1n) is 8.78. The van der Waals surface area contributed by atoms with Gasteiger partial charge in [0.25, 0.3) is 0 Å². The average Bonchev–Trinajstić information content (AvgIpc) is 3.39. The molecule has 9 heteroatoms. The number of benzene rings is 1. The summed E-state index contributed by atoms with van der Waals surface area (Å²) in [7, 11) is 1.85. The lowest BCUT2D eigenvalue weighted by Gasteiger charge is -2.24. The molecule has 3 aromatic rings. The molecule has 2 heterocycles. The van der Waals surface area contributed by atoms with Crippen molar-refractivity contribution in [2.75, 3.05) is 13.6 Å². The first kappa shape index (κ1) is 19.7. The highest BCUT2D eigenvalue weighted by molar-refractivity contribution is 7.09. The standard InChI is InChI=1S/C19H22N6O2S/c1-14(15-5-7-16(8-6-15)25-13-20-12-22-25)24(2)11-18(26)23-19(27)21-10-17-4-3-9-28-17/h3-9,12-14H,10-11H2,1-2H3,(H2,21,23,26,27). The zero-order valence-corrected chi connectivity index (χ0v) is 16.5. The predicted octanol–water partition coefficient (Wildman–Crippen LogP) is 2.35. The van der Waals surface area contributed by atoms with Gasteiger partial charge in [-0.3, -0.25) is 15.0 Å². The van der Waals surface area contributed by atoms with Crippen molar-refractivity contribution in [3.05, 3.63) is 64.9 Å². The summed E-state index contributed by atoms with van der Waals surface area (Å²) in [4.78, 5) is 30.8. The first-order chi connectivity index (χ1) is 13.5. The molecule has 0 aliphatic rings. The maximum absolute atomic E-state index is 12.1. The highest BCUT2D eigenvalue weighted by atomic mass is 32.1. The minimum absolute atomic E-state index is 0.00438. The number of carbonyl (C=O) groups is 2. The summed E-state index contributed by atoms with van der Waals surface area (Å²) >= 11 is 1.55. The van der Waals surface area contributed by atoms with Gasteiger partial charge >= 0.3 is 6.03 Å². The SMILES string of the molecule is CC(c1ccc(-n2cncn2)cc1)N(C)CC(=O)NC(=O)NCc1cccs1. The van der Waals surface area contributed by atoms with Gasteiger partial charge < -0.3 is 5.32 Å². The summed E-state index contributed by atoms with van der Waals surface area (Å²) in [6.07, 6.45) is 3.12. The number of carbonyl (C=O) groups excluding carboxylic acids is 2. The summed E-state index contributed by atoms with van der Waals surface area (Å²) in [5.74, 6) is -0.350. The monoisotopic (exact) mass is 398 g/mol. The Morgan fingerprint density at radius 3 is 2.68 bits per heavy atom. The van der Waals surface area contributed by atoms with Gasteiger partial charge in [0, 0.05) is 10.9 Å². The van der Waals surface area contributed by atoms with Gasteiger partial charge in [0.05, 0.1) is 18.8 Å². The third-order valence-corrected chi connectivity index (χ3v) is 5.25. The fourth-order valence-corrected chi connectivity index (χ4v) is 3.30. The molecule has 8 nitrogen and oxygen atoms in total. The van der Waals surface area contributed by atoms with E-state index in [2.05, 4.69) is 20.7 Å². The molecule has 0 radical (unpaired) electrons. The van der Waals surface area contributed by atoms with E-state index >= 15 is 0 Å². The van der Waals surface area contributed by atoms with Crippen molar-refractivity contribution in [2.24, 2.45) is 0 Å². The number of amides is 3. The van der Waals surface area contributed by atoms with E-state index in [0.717, 1.165) is 16.1 Å². The second kappa shape index (κ2) is 9.25. The van der Waals surface area contributed by atoms with E-state index in [0.29, 0.717) is 6.54 Å². The topological polar surface area (TPSA) is 92.2 Å². The largest absolute Gasteiger partial charge is 0.333 e. The Kier molecular flexibility index (Phi) is 6.51. The Balaban J connectivity index is 1.48. The summed E-state index contributed by atoms with van der Waals surface area (Å²) in [6, 6.07) is 11.2. The van der Waals surface area contributed by atoms with Crippen LogP contribution in [0.4, 0.5) is 4.79 Å². The fraction of sp³-hybridized carbons (Fsp3) is 0.263. The van der Waals surface area contributed by atoms with Gasteiger partial charge in [-0.05, 0) is 43.1 Å². The Labute approximate surface area is 167 Å². The molecular formula is C19H22N6O2S. The number of urea groups is 1. The quantitative estimate of drug-likeness (QED) is 0.637. The molecule has 1 atom stereocenters. The predicted molar refractivity (Wildman–Crippen MR) is 107 cm³/mol. The van der Waals surface area contributed by atoms with E-state index in [1.807, 2.05) is 60.6 Å². The van der Waals surface area contributed by atoms with Crippen molar-refractivity contribution < 1.29 is 9.59 Å². The van der Waals surface area contributed by atoms with Gasteiger partial charge in [0.15, 0.2) is 0 Å². The van der Waals surface area contributed by atoms with Crippen LogP contribution < -0.4 is 10.6 Å². The van der Waals surface area contributed by atoms with E-state index in [9.17, 15) is 9.59 Å². The zero-order chi connectivity index (χ0) is 19.9. The van der Waals surface area contributed by atoms with Gasteiger partial charge in [-0.15, -0.1) is 11.3 Å². The highest BCUT2D eigenvalue weighted by Gasteiger charge is 2.16. The van der Waals surface area contributed by atoms with Crippen molar-refractivity contribution in [3.8, 4) is 5.69 Å². The first-order valence-corrected chi connectivity index (χ1v) is 9.66. The lowest BCUT2D eigenvalue weighted by Crippen LogP contribution is -2.43. The Hall–Kier alpha value is -3.04. The molecule has 0 aliphatic heterocycles. The molecule has 0 bridgehead atoms. The molecule has 0 aliphatic carbocycles. The summed E-state index contributed by atoms with van der Waals surface area (Å²) in [5, 5.41) is 11.1. The number of hydrogen-bond donors (Lipinski definition) is 2. The van der Waals surface area contributed by atoms with Crippen LogP contribution in [0.3, 0.4) is 0 Å². The van der Waals surface area contributed by atoms with Crippen molar-refractivity contribution >= 4 is 23.3 Å². The molecular weight excluding hydrogens is 376 g/mol. The van der Waals surface area contributed by atoms with Gasteiger partial charge in [-0.25, -0.2) is 14.5 Å². The summed E-state index contributed by atoms with van der Waals surface area (Å²) in [6.45, 7) is 2.52. The minimum Gasteiger partial charge on any atom is -0.333 e. The molecule has 1 aromatic carbocycles. The Bertz CT molecular complexity index is 893. The number of hydrogen-bond acceptors (Lipinski definition) is 6. The fourth-order valence-electron chi connectivity index (χ4n) is 2.66. The van der Waals surface area contributed by atoms with Crippen molar-refractivity contribution in [3.63, 3.8) is 0 Å². The lowest BCUT2D eigenvalue weighted by atomic mass is 10.1. The molecule has 1 unspecified atom stereocenters. The number of aromatic nitrogens is 3. The molecule has 3 rings (SSSR count). The van der Waals surface area contributed by atoms with Gasteiger partial charge in [-0.1, -0.05) is 18.2 Å². The maximum Gasteiger partial charge on any atom is 0.321 e. The van der Waals surface area contributed by atoms with Crippen LogP contribution in [0.1, 0.15) is 23.4 Å². The zero-order valence-electron chi connectivity index (χ0n) is 15.7. The van der Waals surface area contributed by atoms with Crippen molar-refractivity contribution in [1.82, 2.24) is 30.3 Å². The van der Waals surface area contributed by atoms with Crippen LogP contribution in [-0.4, -0.2) is 45.2 Å². The number of nitrogens with zero attached hydrogens (tertiary/aromatic N) is 4. The summed E-state index contributed by atoms with van der Waals surface area (Å²) in [5.41, 5.74) is 1.97. The molecule has 0 fully saturated rings. The lowest BCUT2D eigenvalue weighted by molar-refractivity contribution is -0.121. The molecule has 28 heavy (non-hydrogen) atoms. The average molecular weight is 398 g/mol. The van der Waals surface area contributed by atoms with Gasteiger partial charge in [-0.2, -0.15) is 5.10 Å². The number of nitrogens with one attached hydrogen (secondary N) is 2. The Morgan fingerprint density at radius 2 is 2.04 bits per heavy atom. The second-order valence-corrected chi connectivity index (χ2v) is 7.37. The van der Waals surface area contributed by atoms with E-state index in [4.69, 9.17) is 0 Å². The highest BCUT2D eigenvalue weighted by Crippen LogP contribution is 2.19. The maximum atomic E-state index is 12.1. The summed E-state index contributed by atoms with van der Waals surface area (Å²) < 4.78 is 1.68. The van der Waals surface area contributed by atoms with Crippen LogP contribution in [-0.2, 0) is 11.3 Å². The van der Waals surface area contributed by atoms with E-state index in [-0.39, 0.29) is 18.5 Å². The number of likely N-dealkylation sites (N-methyl/N-ethyl adjacent to an activating group) is 1. The van der Waals surface area contributed by atoms with Crippen LogP contribution in [0.5, 0.6) is 0 Å². The second-order valence-electron chi connectivity index (χ2n) is 6.33. The van der Waals surface area contributed by atoms with Crippen LogP contribution in [0.25, 0.3) is 5.69 Å². The number of thiophene rings is 1. The minimum atomic E-state index is -0.489. The van der Waals surface area contributed by atoms with Gasteiger partial charge in [0.2, 0.25) is 5.91 Å². The Morgan fingerprint density at radius 1 is 1.25 bits per heavy atom. The van der Waals surface area contributed by atoms with E-state index in [1.54, 1.807) is 22.3 Å².